The molecule has 0 aromatic rings. The van der Waals surface area contributed by atoms with Crippen molar-refractivity contribution < 1.29 is 37.0 Å². The lowest BCUT2D eigenvalue weighted by atomic mass is 10.4. The number of hydrogen-bond acceptors (Lipinski definition) is 9. The van der Waals surface area contributed by atoms with Gasteiger partial charge in [0.1, 0.15) is 13.2 Å². The average molecular weight is 375 g/mol. The molecule has 0 N–H and O–H groups in total. The maximum absolute atomic E-state index is 11.6. The van der Waals surface area contributed by atoms with Crippen LogP contribution in [0.2, 0.25) is 0 Å². The molecule has 0 fully saturated rings. The first kappa shape index (κ1) is 22.4. The van der Waals surface area contributed by atoms with Crippen molar-refractivity contribution in [3.8, 4) is 0 Å². The molecule has 0 amide bonds. The van der Waals surface area contributed by atoms with Crippen molar-refractivity contribution in [1.82, 2.24) is 4.90 Å². The van der Waals surface area contributed by atoms with E-state index in [0.717, 1.165) is 25.5 Å². The van der Waals surface area contributed by atoms with Gasteiger partial charge in [0.15, 0.2) is 14.7 Å². The summed E-state index contributed by atoms with van der Waals surface area (Å²) in [4.78, 5) is 34.7. The highest BCUT2D eigenvalue weighted by Crippen LogP contribution is 2.07. The summed E-state index contributed by atoms with van der Waals surface area (Å²) in [5, 5.41) is 0. The van der Waals surface area contributed by atoms with Crippen LogP contribution in [0, 0.1) is 0 Å². The number of rotatable bonds is 10. The molecule has 0 atom stereocenters. The summed E-state index contributed by atoms with van der Waals surface area (Å²) >= 11 is 0. The van der Waals surface area contributed by atoms with Gasteiger partial charge in [-0.1, -0.05) is 6.58 Å². The van der Waals surface area contributed by atoms with Crippen LogP contribution in [-0.2, 0) is 38.4 Å². The maximum atomic E-state index is 11.6. The summed E-state index contributed by atoms with van der Waals surface area (Å²) in [6.07, 6.45) is 5.52. The molecule has 0 heterocycles. The summed E-state index contributed by atoms with van der Waals surface area (Å²) in [6, 6.07) is 0. The quantitative estimate of drug-likeness (QED) is 0.221. The first-order valence-corrected chi connectivity index (χ1v) is 8.81. The van der Waals surface area contributed by atoms with Crippen molar-refractivity contribution in [2.75, 3.05) is 40.2 Å². The Morgan fingerprint density at radius 1 is 1.16 bits per heavy atom. The second-order valence-corrected chi connectivity index (χ2v) is 6.54. The van der Waals surface area contributed by atoms with Gasteiger partial charge in [-0.25, -0.2) is 18.0 Å². The molecule has 0 unspecified atom stereocenters. The molecule has 0 aliphatic rings. The van der Waals surface area contributed by atoms with Crippen LogP contribution in [-0.4, -0.2) is 71.4 Å². The van der Waals surface area contributed by atoms with E-state index in [-0.39, 0.29) is 19.7 Å². The van der Waals surface area contributed by atoms with Gasteiger partial charge in [0, 0.05) is 12.3 Å². The van der Waals surface area contributed by atoms with Crippen molar-refractivity contribution in [3.63, 3.8) is 0 Å². The third-order valence-corrected chi connectivity index (χ3v) is 3.78. The van der Waals surface area contributed by atoms with Gasteiger partial charge in [0.25, 0.3) is 0 Å². The van der Waals surface area contributed by atoms with Gasteiger partial charge in [-0.15, -0.1) is 0 Å². The normalized spacial score (nSPS) is 11.7. The van der Waals surface area contributed by atoms with E-state index < -0.39 is 32.7 Å². The molecular formula is C15H21NO8S. The molecule has 10 heteroatoms. The summed E-state index contributed by atoms with van der Waals surface area (Å²) in [5.41, 5.74) is 0. The molecular weight excluding hydrogens is 354 g/mol. The van der Waals surface area contributed by atoms with Gasteiger partial charge in [-0.2, -0.15) is 0 Å². The summed E-state index contributed by atoms with van der Waals surface area (Å²) in [5.74, 6) is -2.18. The highest BCUT2D eigenvalue weighted by Gasteiger charge is 2.20. The van der Waals surface area contributed by atoms with Crippen molar-refractivity contribution in [2.24, 2.45) is 0 Å². The van der Waals surface area contributed by atoms with Crippen LogP contribution in [0.4, 0.5) is 0 Å². The number of sulfone groups is 1. The van der Waals surface area contributed by atoms with Gasteiger partial charge < -0.3 is 19.1 Å². The van der Waals surface area contributed by atoms with E-state index in [0.29, 0.717) is 0 Å². The van der Waals surface area contributed by atoms with Gasteiger partial charge >= 0.3 is 17.9 Å². The van der Waals surface area contributed by atoms with Crippen LogP contribution in [0.25, 0.3) is 0 Å². The Morgan fingerprint density at radius 3 is 2.28 bits per heavy atom. The Balaban J connectivity index is 5.18. The number of esters is 3. The third kappa shape index (κ3) is 9.30. The van der Waals surface area contributed by atoms with Crippen LogP contribution in [0.1, 0.15) is 0 Å². The predicted octanol–water partition coefficient (Wildman–Crippen LogP) is -0.194. The Hall–Kier alpha value is -2.62. The molecule has 0 saturated carbocycles. The summed E-state index contributed by atoms with van der Waals surface area (Å²) in [7, 11) is -1.52. The van der Waals surface area contributed by atoms with E-state index >= 15 is 0 Å². The molecule has 25 heavy (non-hydrogen) atoms. The van der Waals surface area contributed by atoms with Crippen LogP contribution in [0.5, 0.6) is 0 Å². The van der Waals surface area contributed by atoms with E-state index in [1.54, 1.807) is 0 Å². The second kappa shape index (κ2) is 11.0. The fourth-order valence-electron chi connectivity index (χ4n) is 1.45. The van der Waals surface area contributed by atoms with Crippen molar-refractivity contribution in [1.29, 1.82) is 0 Å². The molecule has 9 nitrogen and oxygen atoms in total. The lowest BCUT2D eigenvalue weighted by Crippen LogP contribution is -2.29. The van der Waals surface area contributed by atoms with Crippen LogP contribution >= 0.6 is 0 Å². The van der Waals surface area contributed by atoms with Gasteiger partial charge in [0.05, 0.1) is 20.8 Å². The monoisotopic (exact) mass is 375 g/mol. The van der Waals surface area contributed by atoms with Crippen LogP contribution in [0.3, 0.4) is 0 Å². The van der Waals surface area contributed by atoms with Crippen LogP contribution in [0.15, 0.2) is 35.9 Å². The molecule has 140 valence electrons. The minimum absolute atomic E-state index is 0.0359. The molecule has 0 spiro atoms. The standard InChI is InChI=1S/C15H21NO8S/c1-5-13(17)24-10-9-16(11-14(18)22-2)8-6-7-12(15(19)23-3)25(4,20)21/h5-8H,1,9-11H2,2-4H3/b8-6+,12-7-. The van der Waals surface area contributed by atoms with Crippen molar-refractivity contribution in [2.45, 2.75) is 0 Å². The van der Waals surface area contributed by atoms with E-state index in [9.17, 15) is 22.8 Å². The zero-order chi connectivity index (χ0) is 19.5. The maximum Gasteiger partial charge on any atom is 0.349 e. The number of carbonyl (C=O) groups is 3. The molecule has 0 saturated heterocycles. The molecule has 0 radical (unpaired) electrons. The topological polar surface area (TPSA) is 116 Å². The zero-order valence-corrected chi connectivity index (χ0v) is 15.1. The fraction of sp³-hybridized carbons (Fsp3) is 0.400. The summed E-state index contributed by atoms with van der Waals surface area (Å²) < 4.78 is 36.9. The van der Waals surface area contributed by atoms with E-state index in [1.165, 1.54) is 24.3 Å². The van der Waals surface area contributed by atoms with E-state index in [1.807, 2.05) is 0 Å². The number of nitrogens with zero attached hydrogens (tertiary/aromatic N) is 1. The molecule has 0 aromatic heterocycles. The number of allylic oxidation sites excluding steroid dienone is 2. The molecule has 0 aromatic carbocycles. The number of methoxy groups -OCH3 is 2. The Labute approximate surface area is 146 Å². The Kier molecular flexibility index (Phi) is 9.87. The SMILES string of the molecule is C=CC(=O)OCCN(/C=C/C=C(/C(=O)OC)S(C)(=O)=O)CC(=O)OC. The molecule has 0 rings (SSSR count). The van der Waals surface area contributed by atoms with Crippen molar-refractivity contribution in [3.05, 3.63) is 35.9 Å². The number of hydrogen-bond donors (Lipinski definition) is 0. The third-order valence-electron chi connectivity index (χ3n) is 2.68. The van der Waals surface area contributed by atoms with E-state index in [2.05, 4.69) is 16.1 Å². The largest absolute Gasteiger partial charge is 0.468 e. The van der Waals surface area contributed by atoms with E-state index in [4.69, 9.17) is 4.74 Å². The minimum atomic E-state index is -3.79. The lowest BCUT2D eigenvalue weighted by molar-refractivity contribution is -0.141. The summed E-state index contributed by atoms with van der Waals surface area (Å²) in [6.45, 7) is 3.18. The molecule has 0 bridgehead atoms. The minimum Gasteiger partial charge on any atom is -0.468 e. The van der Waals surface area contributed by atoms with Crippen molar-refractivity contribution >= 4 is 27.7 Å². The smallest absolute Gasteiger partial charge is 0.349 e. The van der Waals surface area contributed by atoms with Gasteiger partial charge in [-0.3, -0.25) is 4.79 Å². The first-order valence-electron chi connectivity index (χ1n) is 6.92. The molecule has 0 aliphatic heterocycles. The lowest BCUT2D eigenvalue weighted by Gasteiger charge is -2.18. The predicted molar refractivity (Wildman–Crippen MR) is 88.8 cm³/mol. The fourth-order valence-corrected chi connectivity index (χ4v) is 2.17. The number of ether oxygens (including phenoxy) is 3. The molecule has 0 aliphatic carbocycles. The van der Waals surface area contributed by atoms with Gasteiger partial charge in [0.2, 0.25) is 0 Å². The number of carbonyl (C=O) groups excluding carboxylic acids is 3. The Bertz CT molecular complexity index is 663. The van der Waals surface area contributed by atoms with Crippen LogP contribution < -0.4 is 0 Å². The highest BCUT2D eigenvalue weighted by molar-refractivity contribution is 7.95. The second-order valence-electron chi connectivity index (χ2n) is 4.55. The van der Waals surface area contributed by atoms with Gasteiger partial charge in [-0.05, 0) is 18.4 Å². The zero-order valence-electron chi connectivity index (χ0n) is 14.3. The highest BCUT2D eigenvalue weighted by atomic mass is 32.2. The first-order chi connectivity index (χ1) is 11.6. The average Bonchev–Trinajstić information content (AvgIpc) is 2.56. The Morgan fingerprint density at radius 2 is 1.80 bits per heavy atom.